The van der Waals surface area contributed by atoms with Gasteiger partial charge < -0.3 is 4.40 Å². The highest BCUT2D eigenvalue weighted by Crippen LogP contribution is 2.33. The first-order valence-electron chi connectivity index (χ1n) is 12.1. The van der Waals surface area contributed by atoms with Crippen LogP contribution in [0, 0.1) is 21.1 Å². The number of nitrogens with zero attached hydrogens (tertiary/aromatic N) is 5. The highest BCUT2D eigenvalue weighted by molar-refractivity contribution is 14.1. The Bertz CT molecular complexity index is 1770. The second-order valence-electron chi connectivity index (χ2n) is 9.52. The first-order valence-corrected chi connectivity index (χ1v) is 13.2. The molecule has 0 unspecified atom stereocenters. The summed E-state index contributed by atoms with van der Waals surface area (Å²) in [6, 6.07) is 11.2. The van der Waals surface area contributed by atoms with E-state index in [1.807, 2.05) is 24.4 Å². The van der Waals surface area contributed by atoms with Crippen molar-refractivity contribution < 1.29 is 8.78 Å². The lowest BCUT2D eigenvalue weighted by molar-refractivity contribution is 0.263. The minimum atomic E-state index is -0.625. The quantitative estimate of drug-likeness (QED) is 0.266. The zero-order chi connectivity index (χ0) is 25.7. The fourth-order valence-corrected chi connectivity index (χ4v) is 5.90. The second kappa shape index (κ2) is 9.47. The molecule has 1 aliphatic carbocycles. The molecular weight excluding hydrogens is 591 g/mol. The van der Waals surface area contributed by atoms with E-state index < -0.39 is 17.1 Å². The highest BCUT2D eigenvalue weighted by atomic mass is 127. The van der Waals surface area contributed by atoms with Gasteiger partial charge in [0.1, 0.15) is 17.3 Å². The number of imidazole rings is 1. The van der Waals surface area contributed by atoms with E-state index in [2.05, 4.69) is 32.6 Å². The van der Waals surface area contributed by atoms with Gasteiger partial charge in [0.05, 0.1) is 23.0 Å². The summed E-state index contributed by atoms with van der Waals surface area (Å²) in [7, 11) is 0. The molecular formula is C27H22F2IN5O2. The summed E-state index contributed by atoms with van der Waals surface area (Å²) < 4.78 is 32.9. The van der Waals surface area contributed by atoms with E-state index in [1.165, 1.54) is 21.4 Å². The normalized spacial score (nSPS) is 18.0. The minimum Gasteiger partial charge on any atom is -0.304 e. The van der Waals surface area contributed by atoms with Gasteiger partial charge in [-0.05, 0) is 97.0 Å². The number of halogens is 3. The van der Waals surface area contributed by atoms with Gasteiger partial charge in [0.2, 0.25) is 0 Å². The summed E-state index contributed by atoms with van der Waals surface area (Å²) >= 11 is 2.16. The number of rotatable bonds is 4. The zero-order valence-electron chi connectivity index (χ0n) is 19.7. The summed E-state index contributed by atoms with van der Waals surface area (Å²) in [5.41, 5.74) is 1.33. The van der Waals surface area contributed by atoms with E-state index in [4.69, 9.17) is 0 Å². The fraction of sp³-hybridized carbons (Fsp3) is 0.259. The Hall–Kier alpha value is -3.41. The fourth-order valence-electron chi connectivity index (χ4n) is 5.37. The van der Waals surface area contributed by atoms with Crippen LogP contribution in [0.2, 0.25) is 0 Å². The standard InChI is InChI=1S/C27H22F2IN5O2/c28-17-6-9-24-32-20(15-33(24)14-17)10-16-4-7-21(8-5-16)35-26(36)23-11-18(29)13-31-25(23)34(27(35)37)22-3-1-2-19(30)12-22/h1-3,6,9,11-16,21H,4-5,7-8,10H2. The lowest BCUT2D eigenvalue weighted by Crippen LogP contribution is -2.43. The summed E-state index contributed by atoms with van der Waals surface area (Å²) in [5, 5.41) is 0.0810. The molecule has 37 heavy (non-hydrogen) atoms. The van der Waals surface area contributed by atoms with Gasteiger partial charge in [-0.3, -0.25) is 9.36 Å². The van der Waals surface area contributed by atoms with Crippen molar-refractivity contribution in [2.24, 2.45) is 5.92 Å². The van der Waals surface area contributed by atoms with Crippen molar-refractivity contribution in [3.05, 3.63) is 103 Å². The third-order valence-corrected chi connectivity index (χ3v) is 7.77. The number of pyridine rings is 2. The Kier molecular flexibility index (Phi) is 6.13. The molecule has 7 nitrogen and oxygen atoms in total. The van der Waals surface area contributed by atoms with Crippen molar-refractivity contribution in [1.82, 2.24) is 23.5 Å². The van der Waals surface area contributed by atoms with Gasteiger partial charge in [-0.2, -0.15) is 0 Å². The molecule has 0 aliphatic heterocycles. The molecule has 0 amide bonds. The number of benzene rings is 1. The van der Waals surface area contributed by atoms with Crippen molar-refractivity contribution in [1.29, 1.82) is 0 Å². The van der Waals surface area contributed by atoms with Crippen molar-refractivity contribution in [3.8, 4) is 5.69 Å². The maximum Gasteiger partial charge on any atom is 0.337 e. The first-order chi connectivity index (χ1) is 17.9. The number of hydrogen-bond donors (Lipinski definition) is 0. The third kappa shape index (κ3) is 4.47. The van der Waals surface area contributed by atoms with Gasteiger partial charge in [-0.25, -0.2) is 28.1 Å². The van der Waals surface area contributed by atoms with Crippen LogP contribution in [0.15, 0.2) is 70.6 Å². The Morgan fingerprint density at radius 2 is 1.78 bits per heavy atom. The number of hydrogen-bond acceptors (Lipinski definition) is 4. The van der Waals surface area contributed by atoms with Crippen LogP contribution >= 0.6 is 22.6 Å². The minimum absolute atomic E-state index is 0.0810. The third-order valence-electron chi connectivity index (χ3n) is 7.10. The molecule has 0 N–H and O–H groups in total. The summed E-state index contributed by atoms with van der Waals surface area (Å²) in [4.78, 5) is 35.9. The van der Waals surface area contributed by atoms with Crippen molar-refractivity contribution in [3.63, 3.8) is 0 Å². The van der Waals surface area contributed by atoms with Crippen LogP contribution in [-0.4, -0.2) is 23.5 Å². The molecule has 0 spiro atoms. The summed E-state index contributed by atoms with van der Waals surface area (Å²) in [6.07, 6.45) is 7.91. The molecule has 10 heteroatoms. The van der Waals surface area contributed by atoms with Crippen LogP contribution in [0.1, 0.15) is 37.4 Å². The molecule has 4 aromatic heterocycles. The van der Waals surface area contributed by atoms with Crippen LogP contribution in [-0.2, 0) is 6.42 Å². The van der Waals surface area contributed by atoms with Crippen molar-refractivity contribution in [2.45, 2.75) is 38.1 Å². The number of aromatic nitrogens is 5. The van der Waals surface area contributed by atoms with Crippen molar-refractivity contribution in [2.75, 3.05) is 0 Å². The van der Waals surface area contributed by atoms with E-state index in [0.717, 1.165) is 40.8 Å². The first kappa shape index (κ1) is 24.0. The lowest BCUT2D eigenvalue weighted by atomic mass is 9.83. The average molecular weight is 613 g/mol. The molecule has 188 valence electrons. The van der Waals surface area contributed by atoms with Crippen LogP contribution in [0.25, 0.3) is 22.4 Å². The molecule has 0 bridgehead atoms. The van der Waals surface area contributed by atoms with E-state index in [9.17, 15) is 18.4 Å². The Labute approximate surface area is 223 Å². The monoisotopic (exact) mass is 613 g/mol. The number of fused-ring (bicyclic) bond motifs is 2. The molecule has 1 saturated carbocycles. The molecule has 1 fully saturated rings. The van der Waals surface area contributed by atoms with Gasteiger partial charge in [0.15, 0.2) is 5.65 Å². The lowest BCUT2D eigenvalue weighted by Gasteiger charge is -2.29. The molecule has 5 aromatic rings. The van der Waals surface area contributed by atoms with Gasteiger partial charge in [0.25, 0.3) is 5.56 Å². The Morgan fingerprint density at radius 3 is 2.57 bits per heavy atom. The van der Waals surface area contributed by atoms with E-state index in [-0.39, 0.29) is 22.9 Å². The average Bonchev–Trinajstić information content (AvgIpc) is 3.27. The van der Waals surface area contributed by atoms with Crippen LogP contribution in [0.4, 0.5) is 8.78 Å². The molecule has 1 aliphatic rings. The van der Waals surface area contributed by atoms with Gasteiger partial charge in [-0.1, -0.05) is 6.07 Å². The molecule has 0 atom stereocenters. The predicted molar refractivity (Wildman–Crippen MR) is 144 cm³/mol. The Balaban J connectivity index is 1.32. The van der Waals surface area contributed by atoms with E-state index in [1.54, 1.807) is 16.5 Å². The molecule has 0 saturated heterocycles. The Morgan fingerprint density at radius 1 is 0.973 bits per heavy atom. The summed E-state index contributed by atoms with van der Waals surface area (Å²) in [6.45, 7) is 0. The predicted octanol–water partition coefficient (Wildman–Crippen LogP) is 5.05. The topological polar surface area (TPSA) is 74.2 Å². The van der Waals surface area contributed by atoms with Crippen LogP contribution < -0.4 is 11.2 Å². The smallest absolute Gasteiger partial charge is 0.304 e. The molecule has 6 rings (SSSR count). The van der Waals surface area contributed by atoms with Gasteiger partial charge in [-0.15, -0.1) is 0 Å². The van der Waals surface area contributed by atoms with E-state index >= 15 is 0 Å². The van der Waals surface area contributed by atoms with E-state index in [0.29, 0.717) is 30.1 Å². The van der Waals surface area contributed by atoms with Gasteiger partial charge in [0, 0.05) is 22.0 Å². The SMILES string of the molecule is O=c1c2cc(F)cnc2n(-c2cccc(I)c2)c(=O)n1C1CCC(Cc2cn3cc(F)ccc3n2)CC1. The molecule has 4 heterocycles. The zero-order valence-corrected chi connectivity index (χ0v) is 21.8. The maximum atomic E-state index is 14.1. The molecule has 1 aromatic carbocycles. The van der Waals surface area contributed by atoms with Crippen LogP contribution in [0.5, 0.6) is 0 Å². The van der Waals surface area contributed by atoms with Crippen LogP contribution in [0.3, 0.4) is 0 Å². The van der Waals surface area contributed by atoms with Gasteiger partial charge >= 0.3 is 5.69 Å². The van der Waals surface area contributed by atoms with Crippen molar-refractivity contribution >= 4 is 39.3 Å². The second-order valence-corrected chi connectivity index (χ2v) is 10.8. The summed E-state index contributed by atoms with van der Waals surface area (Å²) in [5.74, 6) is -0.608. The molecule has 0 radical (unpaired) electrons. The largest absolute Gasteiger partial charge is 0.337 e. The maximum absolute atomic E-state index is 14.1. The highest BCUT2D eigenvalue weighted by Gasteiger charge is 2.28.